The van der Waals surface area contributed by atoms with Crippen molar-refractivity contribution in [2.75, 3.05) is 33.2 Å². The van der Waals surface area contributed by atoms with Gasteiger partial charge in [0.15, 0.2) is 5.96 Å². The molecule has 0 saturated carbocycles. The van der Waals surface area contributed by atoms with Crippen LogP contribution < -0.4 is 16.0 Å². The Hall–Kier alpha value is -3.35. The largest absolute Gasteiger partial charge is 0.357 e. The maximum atomic E-state index is 12.8. The van der Waals surface area contributed by atoms with Gasteiger partial charge in [0.1, 0.15) is 0 Å². The molecule has 0 aliphatic carbocycles. The maximum absolute atomic E-state index is 12.8. The molecule has 2 aromatic carbocycles. The maximum Gasteiger partial charge on any atom is 0.253 e. The van der Waals surface area contributed by atoms with Gasteiger partial charge in [-0.1, -0.05) is 24.3 Å². The summed E-state index contributed by atoms with van der Waals surface area (Å²) >= 11 is 0. The van der Waals surface area contributed by atoms with E-state index in [-0.39, 0.29) is 11.8 Å². The molecule has 7 nitrogen and oxygen atoms in total. The summed E-state index contributed by atoms with van der Waals surface area (Å²) in [4.78, 5) is 31.3. The lowest BCUT2D eigenvalue weighted by Gasteiger charge is -2.26. The lowest BCUT2D eigenvalue weighted by Crippen LogP contribution is -2.38. The van der Waals surface area contributed by atoms with Crippen molar-refractivity contribution in [3.8, 4) is 0 Å². The molecule has 0 bridgehead atoms. The topological polar surface area (TPSA) is 85.8 Å². The Kier molecular flexibility index (Phi) is 9.30. The number of likely N-dealkylation sites (tertiary alicyclic amines) is 1. The lowest BCUT2D eigenvalue weighted by molar-refractivity contribution is 0.0724. The molecule has 0 radical (unpaired) electrons. The van der Waals surface area contributed by atoms with E-state index in [1.54, 1.807) is 7.05 Å². The number of aliphatic imine (C=N–C) groups is 1. The van der Waals surface area contributed by atoms with E-state index in [0.29, 0.717) is 18.7 Å². The van der Waals surface area contributed by atoms with Gasteiger partial charge < -0.3 is 20.9 Å². The van der Waals surface area contributed by atoms with Crippen molar-refractivity contribution < 1.29 is 9.59 Å². The summed E-state index contributed by atoms with van der Waals surface area (Å²) in [6.45, 7) is 5.66. The van der Waals surface area contributed by atoms with E-state index in [9.17, 15) is 9.59 Å². The number of benzene rings is 2. The second-order valence-electron chi connectivity index (χ2n) is 8.20. The minimum atomic E-state index is -0.0827. The molecule has 1 aliphatic rings. The van der Waals surface area contributed by atoms with E-state index in [1.165, 1.54) is 6.42 Å². The molecule has 7 heteroatoms. The first-order valence-electron chi connectivity index (χ1n) is 11.8. The van der Waals surface area contributed by atoms with Gasteiger partial charge >= 0.3 is 0 Å². The highest BCUT2D eigenvalue weighted by molar-refractivity contribution is 5.94. The molecule has 2 aromatic rings. The van der Waals surface area contributed by atoms with Gasteiger partial charge in [0, 0.05) is 44.4 Å². The van der Waals surface area contributed by atoms with E-state index in [0.717, 1.165) is 61.5 Å². The number of nitrogens with zero attached hydrogens (tertiary/aromatic N) is 2. The van der Waals surface area contributed by atoms with Gasteiger partial charge in [-0.2, -0.15) is 0 Å². The summed E-state index contributed by atoms with van der Waals surface area (Å²) < 4.78 is 0. The van der Waals surface area contributed by atoms with E-state index in [1.807, 2.05) is 60.4 Å². The van der Waals surface area contributed by atoms with Crippen molar-refractivity contribution >= 4 is 17.8 Å². The van der Waals surface area contributed by atoms with Crippen molar-refractivity contribution in [2.24, 2.45) is 4.99 Å². The third kappa shape index (κ3) is 7.34. The molecular weight excluding hydrogens is 414 g/mol. The van der Waals surface area contributed by atoms with Crippen molar-refractivity contribution in [2.45, 2.75) is 39.2 Å². The number of rotatable bonds is 8. The first kappa shape index (κ1) is 24.3. The minimum absolute atomic E-state index is 0.0827. The van der Waals surface area contributed by atoms with Crippen molar-refractivity contribution in [3.63, 3.8) is 0 Å². The number of carbonyl (C=O) groups is 2. The molecular formula is C26H35N5O2. The zero-order valence-electron chi connectivity index (χ0n) is 19.7. The Labute approximate surface area is 196 Å². The molecule has 1 saturated heterocycles. The summed E-state index contributed by atoms with van der Waals surface area (Å²) in [6.07, 6.45) is 4.15. The Morgan fingerprint density at radius 3 is 2.36 bits per heavy atom. The van der Waals surface area contributed by atoms with Crippen LogP contribution in [0.4, 0.5) is 0 Å². The summed E-state index contributed by atoms with van der Waals surface area (Å²) in [6, 6.07) is 15.4. The van der Waals surface area contributed by atoms with Crippen LogP contribution in [0.15, 0.2) is 53.5 Å². The Balaban J connectivity index is 1.57. The van der Waals surface area contributed by atoms with Crippen LogP contribution in [-0.4, -0.2) is 55.9 Å². The standard InChI is InChI=1S/C26H35N5O2/c1-3-28-26(29-14-13-20-9-7-11-22(17-20)24(32)27-2)30-19-21-10-8-12-23(18-21)25(33)31-15-5-4-6-16-31/h7-12,17-18H,3-6,13-16,19H2,1-2H3,(H,27,32)(H2,28,29,30). The second kappa shape index (κ2) is 12.6. The van der Waals surface area contributed by atoms with Gasteiger partial charge in [-0.15, -0.1) is 0 Å². The summed E-state index contributed by atoms with van der Waals surface area (Å²) in [7, 11) is 1.63. The molecule has 0 aromatic heterocycles. The number of guanidine groups is 1. The first-order valence-corrected chi connectivity index (χ1v) is 11.8. The Bertz CT molecular complexity index is 967. The number of carbonyl (C=O) groups excluding carboxylic acids is 2. The number of nitrogens with one attached hydrogen (secondary N) is 3. The quantitative estimate of drug-likeness (QED) is 0.427. The van der Waals surface area contributed by atoms with Gasteiger partial charge in [-0.25, -0.2) is 4.99 Å². The van der Waals surface area contributed by atoms with Crippen molar-refractivity contribution in [3.05, 3.63) is 70.8 Å². The van der Waals surface area contributed by atoms with E-state index in [4.69, 9.17) is 4.99 Å². The zero-order chi connectivity index (χ0) is 23.5. The number of hydrogen-bond acceptors (Lipinski definition) is 3. The fourth-order valence-electron chi connectivity index (χ4n) is 3.93. The first-order chi connectivity index (χ1) is 16.1. The lowest BCUT2D eigenvalue weighted by atomic mass is 10.1. The number of piperidine rings is 1. The molecule has 1 heterocycles. The predicted octanol–water partition coefficient (Wildman–Crippen LogP) is 2.97. The molecule has 0 atom stereocenters. The van der Waals surface area contributed by atoms with Gasteiger partial charge in [0.25, 0.3) is 11.8 Å². The highest BCUT2D eigenvalue weighted by atomic mass is 16.2. The van der Waals surface area contributed by atoms with E-state index < -0.39 is 0 Å². The van der Waals surface area contributed by atoms with Crippen LogP contribution in [-0.2, 0) is 13.0 Å². The van der Waals surface area contributed by atoms with Crippen molar-refractivity contribution in [1.29, 1.82) is 0 Å². The van der Waals surface area contributed by atoms with Crippen LogP contribution in [0.3, 0.4) is 0 Å². The average molecular weight is 450 g/mol. The van der Waals surface area contributed by atoms with Crippen LogP contribution in [0, 0.1) is 0 Å². The molecule has 3 rings (SSSR count). The fraction of sp³-hybridized carbons (Fsp3) is 0.423. The molecule has 176 valence electrons. The Morgan fingerprint density at radius 2 is 1.64 bits per heavy atom. The van der Waals surface area contributed by atoms with Crippen LogP contribution in [0.25, 0.3) is 0 Å². The van der Waals surface area contributed by atoms with Gasteiger partial charge in [-0.05, 0) is 68.0 Å². The van der Waals surface area contributed by atoms with E-state index >= 15 is 0 Å². The highest BCUT2D eigenvalue weighted by Crippen LogP contribution is 2.15. The minimum Gasteiger partial charge on any atom is -0.357 e. The third-order valence-electron chi connectivity index (χ3n) is 5.70. The molecule has 1 fully saturated rings. The molecule has 2 amide bonds. The normalized spacial score (nSPS) is 14.0. The number of hydrogen-bond donors (Lipinski definition) is 3. The molecule has 3 N–H and O–H groups in total. The van der Waals surface area contributed by atoms with Gasteiger partial charge in [-0.3, -0.25) is 9.59 Å². The van der Waals surface area contributed by atoms with Gasteiger partial charge in [0.05, 0.1) is 6.54 Å². The summed E-state index contributed by atoms with van der Waals surface area (Å²) in [5.74, 6) is 0.762. The smallest absolute Gasteiger partial charge is 0.253 e. The van der Waals surface area contributed by atoms with Gasteiger partial charge in [0.2, 0.25) is 0 Å². The van der Waals surface area contributed by atoms with E-state index in [2.05, 4.69) is 16.0 Å². The van der Waals surface area contributed by atoms with Crippen LogP contribution in [0.1, 0.15) is 58.0 Å². The highest BCUT2D eigenvalue weighted by Gasteiger charge is 2.18. The SMILES string of the molecule is CCNC(=NCc1cccc(C(=O)N2CCCCC2)c1)NCCc1cccc(C(=O)NC)c1. The summed E-state index contributed by atoms with van der Waals surface area (Å²) in [5.41, 5.74) is 3.49. The number of amides is 2. The Morgan fingerprint density at radius 1 is 0.939 bits per heavy atom. The predicted molar refractivity (Wildman–Crippen MR) is 133 cm³/mol. The molecule has 0 unspecified atom stereocenters. The molecule has 0 spiro atoms. The van der Waals surface area contributed by atoms with Crippen LogP contribution in [0.5, 0.6) is 0 Å². The average Bonchev–Trinajstić information content (AvgIpc) is 2.87. The third-order valence-corrected chi connectivity index (χ3v) is 5.70. The van der Waals surface area contributed by atoms with Crippen LogP contribution >= 0.6 is 0 Å². The molecule has 1 aliphatic heterocycles. The fourth-order valence-corrected chi connectivity index (χ4v) is 3.93. The van der Waals surface area contributed by atoms with Crippen LogP contribution in [0.2, 0.25) is 0 Å². The zero-order valence-corrected chi connectivity index (χ0v) is 19.7. The monoisotopic (exact) mass is 449 g/mol. The van der Waals surface area contributed by atoms with Crippen molar-refractivity contribution in [1.82, 2.24) is 20.9 Å². The summed E-state index contributed by atoms with van der Waals surface area (Å²) in [5, 5.41) is 9.27. The second-order valence-corrected chi connectivity index (χ2v) is 8.20. The molecule has 33 heavy (non-hydrogen) atoms.